The Morgan fingerprint density at radius 2 is 2.07 bits per heavy atom. The van der Waals surface area contributed by atoms with E-state index in [0.717, 1.165) is 6.42 Å². The maximum atomic E-state index is 14.5. The van der Waals surface area contributed by atoms with Crippen molar-refractivity contribution in [2.75, 3.05) is 11.9 Å². The summed E-state index contributed by atoms with van der Waals surface area (Å²) in [6.07, 6.45) is 3.31. The molecule has 1 fully saturated rings. The first-order valence-corrected chi connectivity index (χ1v) is 9.47. The van der Waals surface area contributed by atoms with Crippen LogP contribution in [0.25, 0.3) is 11.0 Å². The van der Waals surface area contributed by atoms with Gasteiger partial charge in [0.15, 0.2) is 0 Å². The Hall–Kier alpha value is -2.67. The molecule has 2 aromatic carbocycles. The van der Waals surface area contributed by atoms with Gasteiger partial charge in [-0.05, 0) is 30.5 Å². The molecule has 1 aliphatic carbocycles. The molecule has 0 radical (unpaired) electrons. The van der Waals surface area contributed by atoms with E-state index in [0.29, 0.717) is 23.5 Å². The molecule has 0 unspecified atom stereocenters. The first kappa shape index (κ1) is 18.7. The van der Waals surface area contributed by atoms with Gasteiger partial charge >= 0.3 is 0 Å². The molecular formula is C20H19ClF2N4O. The van der Waals surface area contributed by atoms with Gasteiger partial charge in [-0.15, -0.1) is 0 Å². The van der Waals surface area contributed by atoms with Gasteiger partial charge in [0, 0.05) is 19.7 Å². The third kappa shape index (κ3) is 3.67. The molecule has 1 aliphatic rings. The van der Waals surface area contributed by atoms with Crippen molar-refractivity contribution in [1.82, 2.24) is 14.9 Å². The average molecular weight is 405 g/mol. The highest BCUT2D eigenvalue weighted by Gasteiger charge is 2.22. The topological polar surface area (TPSA) is 59.0 Å². The second kappa shape index (κ2) is 7.39. The molecule has 0 spiro atoms. The first-order chi connectivity index (χ1) is 13.4. The zero-order valence-electron chi connectivity index (χ0n) is 15.2. The van der Waals surface area contributed by atoms with Crippen molar-refractivity contribution >= 4 is 40.2 Å². The van der Waals surface area contributed by atoms with Crippen LogP contribution in [0.15, 0.2) is 30.3 Å². The predicted molar refractivity (Wildman–Crippen MR) is 105 cm³/mol. The third-order valence-electron chi connectivity index (χ3n) is 4.95. The van der Waals surface area contributed by atoms with Crippen LogP contribution in [0.2, 0.25) is 5.02 Å². The smallest absolute Gasteiger partial charge is 0.254 e. The number of amides is 1. The lowest BCUT2D eigenvalue weighted by Crippen LogP contribution is -2.25. The monoisotopic (exact) mass is 404 g/mol. The lowest BCUT2D eigenvalue weighted by molar-refractivity contribution is 0.0949. The van der Waals surface area contributed by atoms with E-state index >= 15 is 0 Å². The SMILES string of the molecule is Cn1c(Nc2c(F)cccc2Cl)nc2cc(C(=O)NCCC3CC3)c(F)cc21. The number of fused-ring (bicyclic) bond motifs is 1. The lowest BCUT2D eigenvalue weighted by atomic mass is 10.1. The summed E-state index contributed by atoms with van der Waals surface area (Å²) in [6, 6.07) is 7.00. The number of rotatable bonds is 6. The van der Waals surface area contributed by atoms with Crippen molar-refractivity contribution in [3.8, 4) is 0 Å². The number of carbonyl (C=O) groups excluding carboxylic acids is 1. The summed E-state index contributed by atoms with van der Waals surface area (Å²) in [5, 5.41) is 5.80. The fraction of sp³-hybridized carbons (Fsp3) is 0.300. The van der Waals surface area contributed by atoms with Gasteiger partial charge < -0.3 is 15.2 Å². The summed E-state index contributed by atoms with van der Waals surface area (Å²) in [7, 11) is 1.67. The van der Waals surface area contributed by atoms with E-state index in [9.17, 15) is 13.6 Å². The Kier molecular flexibility index (Phi) is 4.93. The summed E-state index contributed by atoms with van der Waals surface area (Å²) >= 11 is 6.05. The first-order valence-electron chi connectivity index (χ1n) is 9.09. The van der Waals surface area contributed by atoms with Gasteiger partial charge in [-0.25, -0.2) is 13.8 Å². The van der Waals surface area contributed by atoms with E-state index in [1.165, 1.54) is 37.1 Å². The molecule has 1 aromatic heterocycles. The van der Waals surface area contributed by atoms with Crippen LogP contribution in [0, 0.1) is 17.6 Å². The second-order valence-corrected chi connectivity index (χ2v) is 7.43. The Labute approximate surface area is 165 Å². The molecule has 2 N–H and O–H groups in total. The number of para-hydroxylation sites is 1. The minimum absolute atomic E-state index is 0.0585. The number of halogens is 3. The molecule has 0 aliphatic heterocycles. The van der Waals surface area contributed by atoms with Crippen LogP contribution in [0.4, 0.5) is 20.4 Å². The quantitative estimate of drug-likeness (QED) is 0.621. The fourth-order valence-electron chi connectivity index (χ4n) is 3.12. The van der Waals surface area contributed by atoms with E-state index in [4.69, 9.17) is 11.6 Å². The Morgan fingerprint density at radius 1 is 1.29 bits per heavy atom. The number of aryl methyl sites for hydroxylation is 1. The normalized spacial score (nSPS) is 13.7. The van der Waals surface area contributed by atoms with Crippen LogP contribution < -0.4 is 10.6 Å². The van der Waals surface area contributed by atoms with Crippen LogP contribution in [0.3, 0.4) is 0 Å². The number of hydrogen-bond donors (Lipinski definition) is 2. The van der Waals surface area contributed by atoms with Gasteiger partial charge in [0.25, 0.3) is 5.91 Å². The average Bonchev–Trinajstić information content (AvgIpc) is 3.43. The van der Waals surface area contributed by atoms with Crippen molar-refractivity contribution in [2.24, 2.45) is 13.0 Å². The number of carbonyl (C=O) groups is 1. The largest absolute Gasteiger partial charge is 0.352 e. The fourth-order valence-corrected chi connectivity index (χ4v) is 3.33. The molecule has 146 valence electrons. The standard InChI is InChI=1S/C20H19ClF2N4O/c1-27-17-10-15(23)12(19(28)24-8-7-11-5-6-11)9-16(17)25-20(27)26-18-13(21)3-2-4-14(18)22/h2-4,9-11H,5-8H2,1H3,(H,24,28)(H,25,26). The van der Waals surface area contributed by atoms with Crippen LogP contribution >= 0.6 is 11.6 Å². The van der Waals surface area contributed by atoms with Crippen molar-refractivity contribution in [2.45, 2.75) is 19.3 Å². The molecule has 28 heavy (non-hydrogen) atoms. The van der Waals surface area contributed by atoms with Crippen molar-refractivity contribution in [3.05, 3.63) is 52.6 Å². The number of benzene rings is 2. The molecule has 8 heteroatoms. The molecule has 0 atom stereocenters. The number of hydrogen-bond acceptors (Lipinski definition) is 3. The Balaban J connectivity index is 1.61. The highest BCUT2D eigenvalue weighted by atomic mass is 35.5. The maximum Gasteiger partial charge on any atom is 0.254 e. The second-order valence-electron chi connectivity index (χ2n) is 7.02. The zero-order chi connectivity index (χ0) is 19.8. The van der Waals surface area contributed by atoms with E-state index in [-0.39, 0.29) is 22.2 Å². The Morgan fingerprint density at radius 3 is 2.79 bits per heavy atom. The summed E-state index contributed by atoms with van der Waals surface area (Å²) in [4.78, 5) is 16.7. The number of aromatic nitrogens is 2. The molecule has 5 nitrogen and oxygen atoms in total. The van der Waals surface area contributed by atoms with Gasteiger partial charge in [-0.3, -0.25) is 4.79 Å². The molecule has 1 amide bonds. The highest BCUT2D eigenvalue weighted by Crippen LogP contribution is 2.32. The molecule has 0 saturated heterocycles. The van der Waals surface area contributed by atoms with Crippen molar-refractivity contribution < 1.29 is 13.6 Å². The van der Waals surface area contributed by atoms with Crippen LogP contribution in [-0.4, -0.2) is 22.0 Å². The van der Waals surface area contributed by atoms with E-state index < -0.39 is 17.5 Å². The van der Waals surface area contributed by atoms with Gasteiger partial charge in [-0.2, -0.15) is 0 Å². The molecule has 1 saturated carbocycles. The number of imidazole rings is 1. The highest BCUT2D eigenvalue weighted by molar-refractivity contribution is 6.33. The van der Waals surface area contributed by atoms with Crippen molar-refractivity contribution in [1.29, 1.82) is 0 Å². The number of nitrogens with zero attached hydrogens (tertiary/aromatic N) is 2. The van der Waals surface area contributed by atoms with Crippen LogP contribution in [-0.2, 0) is 7.05 Å². The van der Waals surface area contributed by atoms with E-state index in [1.54, 1.807) is 17.7 Å². The predicted octanol–water partition coefficient (Wildman–Crippen LogP) is 4.78. The van der Waals surface area contributed by atoms with Gasteiger partial charge in [-0.1, -0.05) is 30.5 Å². The van der Waals surface area contributed by atoms with E-state index in [1.807, 2.05) is 0 Å². The molecular weight excluding hydrogens is 386 g/mol. The Bertz CT molecular complexity index is 1040. The zero-order valence-corrected chi connectivity index (χ0v) is 16.0. The summed E-state index contributed by atoms with van der Waals surface area (Å²) in [5.74, 6) is -0.649. The lowest BCUT2D eigenvalue weighted by Gasteiger charge is -2.09. The molecule has 1 heterocycles. The maximum absolute atomic E-state index is 14.5. The minimum atomic E-state index is -0.630. The molecule has 3 aromatic rings. The van der Waals surface area contributed by atoms with Crippen LogP contribution in [0.5, 0.6) is 0 Å². The van der Waals surface area contributed by atoms with Crippen LogP contribution in [0.1, 0.15) is 29.6 Å². The third-order valence-corrected chi connectivity index (χ3v) is 5.26. The molecule has 4 rings (SSSR count). The summed E-state index contributed by atoms with van der Waals surface area (Å²) in [6.45, 7) is 0.530. The number of nitrogens with one attached hydrogen (secondary N) is 2. The minimum Gasteiger partial charge on any atom is -0.352 e. The van der Waals surface area contributed by atoms with E-state index in [2.05, 4.69) is 15.6 Å². The molecule has 0 bridgehead atoms. The van der Waals surface area contributed by atoms with Gasteiger partial charge in [0.05, 0.1) is 27.3 Å². The van der Waals surface area contributed by atoms with Gasteiger partial charge in [0.2, 0.25) is 5.95 Å². The van der Waals surface area contributed by atoms with Gasteiger partial charge in [0.1, 0.15) is 11.6 Å². The summed E-state index contributed by atoms with van der Waals surface area (Å²) < 4.78 is 30.1. The van der Waals surface area contributed by atoms with Crippen molar-refractivity contribution in [3.63, 3.8) is 0 Å². The number of anilines is 2. The summed E-state index contributed by atoms with van der Waals surface area (Å²) in [5.41, 5.74) is 0.922.